The van der Waals surface area contributed by atoms with Crippen LogP contribution in [0.3, 0.4) is 0 Å². The fourth-order valence-corrected chi connectivity index (χ4v) is 3.46. The lowest BCUT2D eigenvalue weighted by molar-refractivity contribution is -0.119. The van der Waals surface area contributed by atoms with Crippen molar-refractivity contribution in [3.8, 4) is 0 Å². The Morgan fingerprint density at radius 1 is 1.47 bits per heavy atom. The van der Waals surface area contributed by atoms with E-state index in [-0.39, 0.29) is 11.4 Å². The molecule has 2 fully saturated rings. The zero-order valence-electron chi connectivity index (χ0n) is 11.3. The average Bonchev–Trinajstić information content (AvgIpc) is 2.97. The highest BCUT2D eigenvalue weighted by atomic mass is 16.2. The van der Waals surface area contributed by atoms with Crippen molar-refractivity contribution in [1.82, 2.24) is 9.97 Å². The Bertz CT molecular complexity index is 569. The van der Waals surface area contributed by atoms with Gasteiger partial charge in [0.1, 0.15) is 17.1 Å². The van der Waals surface area contributed by atoms with Gasteiger partial charge >= 0.3 is 0 Å². The molecule has 4 rings (SSSR count). The van der Waals surface area contributed by atoms with Crippen LogP contribution in [-0.4, -0.2) is 27.5 Å². The van der Waals surface area contributed by atoms with Gasteiger partial charge in [0.25, 0.3) is 5.91 Å². The molecule has 5 heteroatoms. The molecule has 3 aliphatic rings. The number of aromatic nitrogens is 2. The van der Waals surface area contributed by atoms with Crippen LogP contribution in [0, 0.1) is 12.8 Å². The van der Waals surface area contributed by atoms with Gasteiger partial charge in [0, 0.05) is 6.04 Å². The van der Waals surface area contributed by atoms with Gasteiger partial charge < -0.3 is 10.2 Å². The Labute approximate surface area is 112 Å². The number of anilines is 2. The van der Waals surface area contributed by atoms with Crippen molar-refractivity contribution in [2.45, 2.75) is 51.1 Å². The maximum Gasteiger partial charge on any atom is 0.250 e. The zero-order chi connectivity index (χ0) is 13.2. The monoisotopic (exact) mass is 258 g/mol. The molecule has 5 nitrogen and oxygen atoms in total. The average molecular weight is 258 g/mol. The summed E-state index contributed by atoms with van der Waals surface area (Å²) >= 11 is 0. The van der Waals surface area contributed by atoms with Gasteiger partial charge in [-0.1, -0.05) is 6.92 Å². The lowest BCUT2D eigenvalue weighted by atomic mass is 9.88. The molecule has 100 valence electrons. The first-order valence-electron chi connectivity index (χ1n) is 7.07. The summed E-state index contributed by atoms with van der Waals surface area (Å²) in [6, 6.07) is 0.476. The normalized spacial score (nSPS) is 32.8. The second kappa shape index (κ2) is 3.46. The van der Waals surface area contributed by atoms with Crippen LogP contribution in [0.4, 0.5) is 11.5 Å². The third-order valence-electron chi connectivity index (χ3n) is 4.90. The Hall–Kier alpha value is -1.65. The molecular weight excluding hydrogens is 240 g/mol. The molecule has 2 saturated carbocycles. The van der Waals surface area contributed by atoms with Crippen LogP contribution in [0.1, 0.15) is 38.4 Å². The van der Waals surface area contributed by atoms with E-state index in [2.05, 4.69) is 27.1 Å². The Morgan fingerprint density at radius 2 is 2.21 bits per heavy atom. The predicted molar refractivity (Wildman–Crippen MR) is 72.0 cm³/mol. The quantitative estimate of drug-likeness (QED) is 0.835. The van der Waals surface area contributed by atoms with Gasteiger partial charge in [-0.05, 0) is 38.5 Å². The van der Waals surface area contributed by atoms with E-state index in [0.29, 0.717) is 12.0 Å². The number of carbonyl (C=O) groups excluding carboxylic acids is 1. The van der Waals surface area contributed by atoms with E-state index in [1.54, 1.807) is 6.20 Å². The fourth-order valence-electron chi connectivity index (χ4n) is 3.46. The van der Waals surface area contributed by atoms with E-state index in [1.165, 1.54) is 19.3 Å². The molecule has 1 N–H and O–H groups in total. The van der Waals surface area contributed by atoms with Crippen LogP contribution in [0.15, 0.2) is 6.20 Å². The molecule has 1 spiro atoms. The number of nitrogens with one attached hydrogen (secondary N) is 1. The fraction of sp³-hybridized carbons (Fsp3) is 0.643. The van der Waals surface area contributed by atoms with Gasteiger partial charge in [-0.15, -0.1) is 0 Å². The highest BCUT2D eigenvalue weighted by Gasteiger charge is 2.65. The van der Waals surface area contributed by atoms with Crippen molar-refractivity contribution < 1.29 is 4.79 Å². The summed E-state index contributed by atoms with van der Waals surface area (Å²) in [4.78, 5) is 23.6. The van der Waals surface area contributed by atoms with Crippen LogP contribution in [-0.2, 0) is 4.79 Å². The number of hydrogen-bond acceptors (Lipinski definition) is 4. The summed E-state index contributed by atoms with van der Waals surface area (Å²) in [6.07, 6.45) is 6.28. The smallest absolute Gasteiger partial charge is 0.250 e. The van der Waals surface area contributed by atoms with Gasteiger partial charge in [0.05, 0.1) is 6.20 Å². The van der Waals surface area contributed by atoms with E-state index < -0.39 is 0 Å². The van der Waals surface area contributed by atoms with E-state index in [1.807, 2.05) is 6.92 Å². The Kier molecular flexibility index (Phi) is 2.04. The van der Waals surface area contributed by atoms with Crippen molar-refractivity contribution in [2.24, 2.45) is 5.92 Å². The van der Waals surface area contributed by atoms with Gasteiger partial charge in [0.15, 0.2) is 5.82 Å². The molecule has 2 heterocycles. The molecule has 1 aromatic heterocycles. The van der Waals surface area contributed by atoms with Gasteiger partial charge in [-0.3, -0.25) is 4.79 Å². The van der Waals surface area contributed by atoms with Crippen LogP contribution >= 0.6 is 0 Å². The molecule has 0 aromatic carbocycles. The maximum absolute atomic E-state index is 12.5. The molecule has 19 heavy (non-hydrogen) atoms. The van der Waals surface area contributed by atoms with Crippen LogP contribution < -0.4 is 10.2 Å². The minimum atomic E-state index is -0.334. The first kappa shape index (κ1) is 11.2. The summed E-state index contributed by atoms with van der Waals surface area (Å²) in [5.41, 5.74) is 0.436. The minimum Gasteiger partial charge on any atom is -0.337 e. The number of amides is 1. The first-order chi connectivity index (χ1) is 9.13. The zero-order valence-corrected chi connectivity index (χ0v) is 11.3. The summed E-state index contributed by atoms with van der Waals surface area (Å²) in [6.45, 7) is 4.06. The molecule has 0 radical (unpaired) electrons. The number of aryl methyl sites for hydroxylation is 1. The summed E-state index contributed by atoms with van der Waals surface area (Å²) < 4.78 is 0. The number of hydrogen-bond donors (Lipinski definition) is 1. The van der Waals surface area contributed by atoms with Crippen molar-refractivity contribution in [3.05, 3.63) is 12.0 Å². The Morgan fingerprint density at radius 3 is 2.79 bits per heavy atom. The van der Waals surface area contributed by atoms with Crippen molar-refractivity contribution >= 4 is 17.4 Å². The second-order valence-corrected chi connectivity index (χ2v) is 6.09. The first-order valence-corrected chi connectivity index (χ1v) is 7.07. The summed E-state index contributed by atoms with van der Waals surface area (Å²) in [7, 11) is 0. The SMILES string of the molecule is Cc1ncc2c(n1)N(C1CCC1)[C@@]1(C[C@H]1C)C(=O)N2. The van der Waals surface area contributed by atoms with Crippen LogP contribution in [0.25, 0.3) is 0 Å². The number of rotatable bonds is 1. The van der Waals surface area contributed by atoms with E-state index in [4.69, 9.17) is 0 Å². The molecule has 0 bridgehead atoms. The predicted octanol–water partition coefficient (Wildman–Crippen LogP) is 1.87. The largest absolute Gasteiger partial charge is 0.337 e. The molecular formula is C14H18N4O. The van der Waals surface area contributed by atoms with E-state index in [0.717, 1.165) is 23.8 Å². The van der Waals surface area contributed by atoms with Crippen molar-refractivity contribution in [2.75, 3.05) is 10.2 Å². The Balaban J connectivity index is 1.86. The third-order valence-corrected chi connectivity index (χ3v) is 4.90. The molecule has 2 aliphatic carbocycles. The van der Waals surface area contributed by atoms with Crippen molar-refractivity contribution in [1.29, 1.82) is 0 Å². The molecule has 1 aromatic rings. The second-order valence-electron chi connectivity index (χ2n) is 6.09. The lowest BCUT2D eigenvalue weighted by Gasteiger charge is -2.46. The summed E-state index contributed by atoms with van der Waals surface area (Å²) in [5, 5.41) is 3.00. The van der Waals surface area contributed by atoms with Crippen molar-refractivity contribution in [3.63, 3.8) is 0 Å². The highest BCUT2D eigenvalue weighted by Crippen LogP contribution is 2.56. The number of fused-ring (bicyclic) bond motifs is 1. The van der Waals surface area contributed by atoms with Gasteiger partial charge in [0.2, 0.25) is 0 Å². The molecule has 1 amide bonds. The van der Waals surface area contributed by atoms with E-state index >= 15 is 0 Å². The highest BCUT2D eigenvalue weighted by molar-refractivity contribution is 6.08. The molecule has 0 unspecified atom stereocenters. The lowest BCUT2D eigenvalue weighted by Crippen LogP contribution is -2.58. The van der Waals surface area contributed by atoms with E-state index in [9.17, 15) is 4.79 Å². The topological polar surface area (TPSA) is 58.1 Å². The van der Waals surface area contributed by atoms with Gasteiger partial charge in [-0.25, -0.2) is 9.97 Å². The summed E-state index contributed by atoms with van der Waals surface area (Å²) in [5.74, 6) is 2.24. The molecule has 2 atom stereocenters. The molecule has 1 aliphatic heterocycles. The van der Waals surface area contributed by atoms with Crippen LogP contribution in [0.2, 0.25) is 0 Å². The maximum atomic E-state index is 12.5. The standard InChI is InChI=1S/C14H18N4O/c1-8-6-14(8)13(19)17-11-7-15-9(2)16-12(11)18(14)10-4-3-5-10/h7-8,10H,3-6H2,1-2H3,(H,17,19)/t8-,14-/m1/s1. The third kappa shape index (κ3) is 1.33. The van der Waals surface area contributed by atoms with Gasteiger partial charge in [-0.2, -0.15) is 0 Å². The van der Waals surface area contributed by atoms with Crippen LogP contribution in [0.5, 0.6) is 0 Å². The number of carbonyl (C=O) groups is 1. The minimum absolute atomic E-state index is 0.131. The molecule has 0 saturated heterocycles. The number of nitrogens with zero attached hydrogens (tertiary/aromatic N) is 3.